The first-order chi connectivity index (χ1) is 18.5. The molecule has 2 aromatic heterocycles. The quantitative estimate of drug-likeness (QED) is 0.363. The summed E-state index contributed by atoms with van der Waals surface area (Å²) in [6.45, 7) is 4.38. The Labute approximate surface area is 222 Å². The lowest BCUT2D eigenvalue weighted by molar-refractivity contribution is 0.0690. The van der Waals surface area contributed by atoms with Gasteiger partial charge in [0.05, 0.1) is 6.20 Å². The molecule has 1 amide bonds. The number of aryl methyl sites for hydroxylation is 1. The number of hydrogen-bond acceptors (Lipinski definition) is 7. The van der Waals surface area contributed by atoms with Crippen LogP contribution in [0.2, 0.25) is 0 Å². The van der Waals surface area contributed by atoms with Gasteiger partial charge in [-0.05, 0) is 67.9 Å². The lowest BCUT2D eigenvalue weighted by atomic mass is 9.98. The van der Waals surface area contributed by atoms with Gasteiger partial charge >= 0.3 is 6.01 Å². The van der Waals surface area contributed by atoms with E-state index in [0.717, 1.165) is 62.1 Å². The number of aromatic nitrogens is 4. The first-order valence-electron chi connectivity index (χ1n) is 13.2. The van der Waals surface area contributed by atoms with Crippen LogP contribution in [-0.2, 0) is 4.74 Å². The van der Waals surface area contributed by atoms with E-state index in [4.69, 9.17) is 19.4 Å². The minimum absolute atomic E-state index is 0.0192. The molecule has 2 aliphatic rings. The second-order valence-corrected chi connectivity index (χ2v) is 10.2. The van der Waals surface area contributed by atoms with E-state index in [0.29, 0.717) is 34.9 Å². The zero-order chi connectivity index (χ0) is 26.1. The van der Waals surface area contributed by atoms with Crippen LogP contribution in [0, 0.1) is 12.8 Å². The third-order valence-corrected chi connectivity index (χ3v) is 7.19. The molecule has 1 saturated heterocycles. The molecule has 194 valence electrons. The SMILES string of the molecule is BN(CC1CCOCC1)c1nc(Oc2ccccc2)nc2c(-c3ccc(C(=O)NC4CC4)c(C)c3)cnn12. The minimum atomic E-state index is -0.0192. The highest BCUT2D eigenvalue weighted by molar-refractivity contribution is 6.17. The molecule has 0 spiro atoms. The third kappa shape index (κ3) is 5.22. The summed E-state index contributed by atoms with van der Waals surface area (Å²) in [6.07, 6.45) is 5.97. The summed E-state index contributed by atoms with van der Waals surface area (Å²) < 4.78 is 13.4. The van der Waals surface area contributed by atoms with Gasteiger partial charge in [-0.3, -0.25) is 4.79 Å². The summed E-state index contributed by atoms with van der Waals surface area (Å²) in [5.41, 5.74) is 4.03. The number of amides is 1. The predicted molar refractivity (Wildman–Crippen MR) is 147 cm³/mol. The van der Waals surface area contributed by atoms with E-state index in [1.54, 1.807) is 10.7 Å². The summed E-state index contributed by atoms with van der Waals surface area (Å²) in [6, 6.07) is 16.0. The van der Waals surface area contributed by atoms with E-state index < -0.39 is 0 Å². The first-order valence-corrected chi connectivity index (χ1v) is 13.2. The Balaban J connectivity index is 1.37. The van der Waals surface area contributed by atoms with E-state index in [1.807, 2.05) is 63.4 Å². The minimum Gasteiger partial charge on any atom is -0.424 e. The van der Waals surface area contributed by atoms with Crippen LogP contribution in [0.4, 0.5) is 5.95 Å². The first kappa shape index (κ1) is 24.4. The summed E-state index contributed by atoms with van der Waals surface area (Å²) >= 11 is 0. The number of nitrogens with zero attached hydrogens (tertiary/aromatic N) is 5. The molecule has 0 bridgehead atoms. The Hall–Kier alpha value is -3.92. The molecule has 1 aliphatic heterocycles. The monoisotopic (exact) mass is 510 g/mol. The van der Waals surface area contributed by atoms with E-state index in [1.165, 1.54) is 0 Å². The van der Waals surface area contributed by atoms with Crippen molar-refractivity contribution in [2.24, 2.45) is 5.92 Å². The second kappa shape index (κ2) is 10.5. The summed E-state index contributed by atoms with van der Waals surface area (Å²) in [7, 11) is 2.03. The van der Waals surface area contributed by atoms with Crippen LogP contribution < -0.4 is 14.9 Å². The number of rotatable bonds is 8. The summed E-state index contributed by atoms with van der Waals surface area (Å²) in [5, 5.41) is 7.76. The molecule has 1 N–H and O–H groups in total. The van der Waals surface area contributed by atoms with Gasteiger partial charge in [-0.2, -0.15) is 19.6 Å². The maximum Gasteiger partial charge on any atom is 0.327 e. The number of carbonyl (C=O) groups excluding carboxylic acids is 1. The Bertz CT molecular complexity index is 1450. The van der Waals surface area contributed by atoms with Gasteiger partial charge in [0.1, 0.15) is 5.75 Å². The molecule has 38 heavy (non-hydrogen) atoms. The second-order valence-electron chi connectivity index (χ2n) is 10.2. The van der Waals surface area contributed by atoms with Gasteiger partial charge in [0, 0.05) is 36.9 Å². The van der Waals surface area contributed by atoms with Crippen molar-refractivity contribution in [1.29, 1.82) is 0 Å². The van der Waals surface area contributed by atoms with E-state index in [2.05, 4.69) is 15.2 Å². The molecule has 3 heterocycles. The zero-order valence-corrected chi connectivity index (χ0v) is 21.8. The van der Waals surface area contributed by atoms with Gasteiger partial charge in [-0.15, -0.1) is 0 Å². The topological polar surface area (TPSA) is 93.9 Å². The number of nitrogens with one attached hydrogen (secondary N) is 1. The lowest BCUT2D eigenvalue weighted by Gasteiger charge is -2.28. The van der Waals surface area contributed by atoms with E-state index in [9.17, 15) is 4.79 Å². The zero-order valence-electron chi connectivity index (χ0n) is 21.8. The van der Waals surface area contributed by atoms with Crippen LogP contribution in [-0.4, -0.2) is 59.3 Å². The van der Waals surface area contributed by atoms with E-state index in [-0.39, 0.29) is 11.9 Å². The van der Waals surface area contributed by atoms with E-state index >= 15 is 0 Å². The van der Waals surface area contributed by atoms with Crippen molar-refractivity contribution < 1.29 is 14.3 Å². The molecule has 9 nitrogen and oxygen atoms in total. The predicted octanol–water partition coefficient (Wildman–Crippen LogP) is 3.57. The number of benzene rings is 2. The number of fused-ring (bicyclic) bond motifs is 1. The molecule has 1 aliphatic carbocycles. The third-order valence-electron chi connectivity index (χ3n) is 7.19. The maximum atomic E-state index is 12.6. The number of para-hydroxylation sites is 1. The molecular weight excluding hydrogens is 479 g/mol. The fourth-order valence-electron chi connectivity index (χ4n) is 4.91. The average molecular weight is 510 g/mol. The molecule has 6 rings (SSSR count). The van der Waals surface area contributed by atoms with Gasteiger partial charge in [-0.1, -0.05) is 30.3 Å². The van der Waals surface area contributed by atoms with Gasteiger partial charge in [0.2, 0.25) is 13.9 Å². The van der Waals surface area contributed by atoms with Crippen LogP contribution in [0.5, 0.6) is 11.8 Å². The smallest absolute Gasteiger partial charge is 0.327 e. The van der Waals surface area contributed by atoms with Crippen molar-refractivity contribution in [3.05, 3.63) is 65.9 Å². The number of carbonyl (C=O) groups is 1. The van der Waals surface area contributed by atoms with Gasteiger partial charge in [-0.25, -0.2) is 0 Å². The molecule has 2 fully saturated rings. The highest BCUT2D eigenvalue weighted by Crippen LogP contribution is 2.30. The molecule has 0 radical (unpaired) electrons. The standard InChI is InChI=1S/C28H31BN6O3/c1-18-15-20(7-10-23(18)26(36)31-21-8-9-21)24-16-30-35-25(24)32-27(38-22-5-3-2-4-6-22)33-28(35)34(29)17-19-11-13-37-14-12-19/h2-7,10,15-16,19,21H,8-9,11-14,17,29H2,1H3,(H,31,36). The molecule has 0 unspecified atom stereocenters. The highest BCUT2D eigenvalue weighted by Gasteiger charge is 2.25. The molecule has 4 aromatic rings. The summed E-state index contributed by atoms with van der Waals surface area (Å²) in [5.74, 6) is 1.83. The highest BCUT2D eigenvalue weighted by atomic mass is 16.5. The van der Waals surface area contributed by atoms with Crippen molar-refractivity contribution >= 4 is 25.5 Å². The normalized spacial score (nSPS) is 15.9. The molecule has 10 heteroatoms. The van der Waals surface area contributed by atoms with Crippen LogP contribution in [0.25, 0.3) is 16.8 Å². The number of hydrogen-bond donors (Lipinski definition) is 1. The molecule has 1 saturated carbocycles. The van der Waals surface area contributed by atoms with Crippen molar-refractivity contribution in [1.82, 2.24) is 24.9 Å². The van der Waals surface area contributed by atoms with Crippen LogP contribution in [0.3, 0.4) is 0 Å². The Morgan fingerprint density at radius 2 is 1.92 bits per heavy atom. The Morgan fingerprint density at radius 3 is 2.66 bits per heavy atom. The van der Waals surface area contributed by atoms with Crippen molar-refractivity contribution in [2.75, 3.05) is 24.6 Å². The Kier molecular flexibility index (Phi) is 6.72. The molecular formula is C28H31BN6O3. The van der Waals surface area contributed by atoms with Crippen LogP contribution in [0.1, 0.15) is 41.6 Å². The van der Waals surface area contributed by atoms with Gasteiger partial charge in [0.15, 0.2) is 5.65 Å². The molecule has 0 atom stereocenters. The van der Waals surface area contributed by atoms with Crippen molar-refractivity contribution in [2.45, 2.75) is 38.6 Å². The van der Waals surface area contributed by atoms with Gasteiger partial charge < -0.3 is 19.6 Å². The molecule has 2 aromatic carbocycles. The van der Waals surface area contributed by atoms with Crippen molar-refractivity contribution in [3.63, 3.8) is 0 Å². The number of anilines is 1. The Morgan fingerprint density at radius 1 is 1.13 bits per heavy atom. The fourth-order valence-corrected chi connectivity index (χ4v) is 4.91. The average Bonchev–Trinajstić information content (AvgIpc) is 3.64. The lowest BCUT2D eigenvalue weighted by Crippen LogP contribution is -2.32. The van der Waals surface area contributed by atoms with Crippen LogP contribution >= 0.6 is 0 Å². The van der Waals surface area contributed by atoms with Crippen molar-refractivity contribution in [3.8, 4) is 22.9 Å². The van der Waals surface area contributed by atoms with Gasteiger partial charge in [0.25, 0.3) is 5.91 Å². The number of ether oxygens (including phenoxy) is 2. The van der Waals surface area contributed by atoms with Crippen LogP contribution in [0.15, 0.2) is 54.7 Å². The maximum absolute atomic E-state index is 12.6. The summed E-state index contributed by atoms with van der Waals surface area (Å²) in [4.78, 5) is 24.3. The fraction of sp³-hybridized carbons (Fsp3) is 0.357. The largest absolute Gasteiger partial charge is 0.424 e.